The lowest BCUT2D eigenvalue weighted by atomic mass is 10.0. The summed E-state index contributed by atoms with van der Waals surface area (Å²) >= 11 is 5.89. The van der Waals surface area contributed by atoms with Crippen molar-refractivity contribution in [3.05, 3.63) is 63.8 Å². The lowest BCUT2D eigenvalue weighted by Crippen LogP contribution is -2.43. The highest BCUT2D eigenvalue weighted by Crippen LogP contribution is 2.17. The number of hydrogen-bond acceptors (Lipinski definition) is 6. The Balaban J connectivity index is 1.31. The first-order chi connectivity index (χ1) is 14.6. The molecule has 1 N–H and O–H groups in total. The van der Waals surface area contributed by atoms with Crippen molar-refractivity contribution >= 4 is 22.6 Å². The predicted octanol–water partition coefficient (Wildman–Crippen LogP) is 2.71. The van der Waals surface area contributed by atoms with Crippen molar-refractivity contribution in [3.63, 3.8) is 0 Å². The Bertz CT molecular complexity index is 1050. The van der Waals surface area contributed by atoms with Gasteiger partial charge in [0, 0.05) is 44.0 Å². The van der Waals surface area contributed by atoms with Gasteiger partial charge in [0.2, 0.25) is 0 Å². The number of piperidine rings is 1. The second kappa shape index (κ2) is 9.55. The first kappa shape index (κ1) is 20.8. The highest BCUT2D eigenvalue weighted by molar-refractivity contribution is 6.30. The SMILES string of the molecule is COc1cnc2ccc(=O)n(CCN3CCC(NCc4ccc(Cl)cn4)CC3)c2c1. The van der Waals surface area contributed by atoms with Crippen LogP contribution < -0.4 is 15.6 Å². The second-order valence-electron chi connectivity index (χ2n) is 7.57. The summed E-state index contributed by atoms with van der Waals surface area (Å²) in [5.74, 6) is 0.656. The molecule has 4 rings (SSSR count). The molecule has 30 heavy (non-hydrogen) atoms. The molecule has 0 bridgehead atoms. The van der Waals surface area contributed by atoms with Gasteiger partial charge in [-0.05, 0) is 44.1 Å². The van der Waals surface area contributed by atoms with E-state index in [1.807, 2.05) is 18.2 Å². The van der Waals surface area contributed by atoms with E-state index < -0.39 is 0 Å². The van der Waals surface area contributed by atoms with Crippen LogP contribution in [0.4, 0.5) is 0 Å². The first-order valence-electron chi connectivity index (χ1n) is 10.2. The Labute approximate surface area is 180 Å². The van der Waals surface area contributed by atoms with Crippen LogP contribution in [0.25, 0.3) is 11.0 Å². The normalized spacial score (nSPS) is 15.5. The molecule has 7 nitrogen and oxygen atoms in total. The van der Waals surface area contributed by atoms with Gasteiger partial charge in [0.05, 0.1) is 35.1 Å². The van der Waals surface area contributed by atoms with Gasteiger partial charge in [-0.3, -0.25) is 14.8 Å². The van der Waals surface area contributed by atoms with Gasteiger partial charge < -0.3 is 19.5 Å². The molecule has 1 aliphatic heterocycles. The number of pyridine rings is 3. The van der Waals surface area contributed by atoms with Gasteiger partial charge in [0.15, 0.2) is 0 Å². The molecule has 1 fully saturated rings. The fourth-order valence-electron chi connectivity index (χ4n) is 3.85. The number of rotatable bonds is 7. The number of nitrogens with zero attached hydrogens (tertiary/aromatic N) is 4. The van der Waals surface area contributed by atoms with E-state index in [2.05, 4.69) is 20.2 Å². The van der Waals surface area contributed by atoms with Gasteiger partial charge in [0.25, 0.3) is 5.56 Å². The number of halogens is 1. The summed E-state index contributed by atoms with van der Waals surface area (Å²) in [6.45, 7) is 4.24. The molecule has 8 heteroatoms. The van der Waals surface area contributed by atoms with E-state index in [0.29, 0.717) is 23.4 Å². The number of fused-ring (bicyclic) bond motifs is 1. The molecule has 1 saturated heterocycles. The number of likely N-dealkylation sites (tertiary alicyclic amines) is 1. The minimum absolute atomic E-state index is 0.00966. The number of ether oxygens (including phenoxy) is 1. The van der Waals surface area contributed by atoms with Crippen molar-refractivity contribution in [3.8, 4) is 5.75 Å². The van der Waals surface area contributed by atoms with Crippen molar-refractivity contribution < 1.29 is 4.74 Å². The Morgan fingerprint density at radius 2 is 1.97 bits per heavy atom. The van der Waals surface area contributed by atoms with Crippen molar-refractivity contribution in [2.24, 2.45) is 0 Å². The Kier molecular flexibility index (Phi) is 6.62. The summed E-state index contributed by atoms with van der Waals surface area (Å²) in [4.78, 5) is 23.6. The molecule has 0 unspecified atom stereocenters. The van der Waals surface area contributed by atoms with E-state index in [9.17, 15) is 4.79 Å². The van der Waals surface area contributed by atoms with Crippen molar-refractivity contribution in [2.75, 3.05) is 26.7 Å². The lowest BCUT2D eigenvalue weighted by Gasteiger charge is -2.32. The van der Waals surface area contributed by atoms with Gasteiger partial charge in [-0.25, -0.2) is 0 Å². The predicted molar refractivity (Wildman–Crippen MR) is 118 cm³/mol. The molecule has 4 heterocycles. The summed E-state index contributed by atoms with van der Waals surface area (Å²) < 4.78 is 7.07. The van der Waals surface area contributed by atoms with E-state index in [1.54, 1.807) is 36.2 Å². The summed E-state index contributed by atoms with van der Waals surface area (Å²) in [5, 5.41) is 4.25. The Morgan fingerprint density at radius 3 is 2.70 bits per heavy atom. The van der Waals surface area contributed by atoms with Crippen LogP contribution in [0.15, 0.2) is 47.5 Å². The van der Waals surface area contributed by atoms with Crippen LogP contribution in [0.1, 0.15) is 18.5 Å². The molecular formula is C22H26ClN5O2. The maximum absolute atomic E-state index is 12.5. The van der Waals surface area contributed by atoms with Gasteiger partial charge >= 0.3 is 0 Å². The summed E-state index contributed by atoms with van der Waals surface area (Å²) in [5.41, 5.74) is 2.61. The van der Waals surface area contributed by atoms with Crippen molar-refractivity contribution in [1.29, 1.82) is 0 Å². The zero-order valence-electron chi connectivity index (χ0n) is 17.1. The Hall–Kier alpha value is -2.48. The van der Waals surface area contributed by atoms with Gasteiger partial charge in [0.1, 0.15) is 5.75 Å². The third kappa shape index (κ3) is 4.98. The smallest absolute Gasteiger partial charge is 0.251 e. The Morgan fingerprint density at radius 1 is 1.13 bits per heavy atom. The lowest BCUT2D eigenvalue weighted by molar-refractivity contribution is 0.191. The molecule has 0 aliphatic carbocycles. The van der Waals surface area contributed by atoms with E-state index in [1.165, 1.54) is 0 Å². The minimum Gasteiger partial charge on any atom is -0.495 e. The fraction of sp³-hybridized carbons (Fsp3) is 0.409. The van der Waals surface area contributed by atoms with Crippen LogP contribution in [0, 0.1) is 0 Å². The van der Waals surface area contributed by atoms with Crippen molar-refractivity contribution in [1.82, 2.24) is 24.8 Å². The summed E-state index contributed by atoms with van der Waals surface area (Å²) in [6, 6.07) is 9.53. The zero-order valence-corrected chi connectivity index (χ0v) is 17.8. The molecule has 3 aromatic rings. The molecule has 0 spiro atoms. The van der Waals surface area contributed by atoms with Gasteiger partial charge in [-0.2, -0.15) is 0 Å². The van der Waals surface area contributed by atoms with Gasteiger partial charge in [-0.1, -0.05) is 11.6 Å². The fourth-order valence-corrected chi connectivity index (χ4v) is 3.96. The third-order valence-electron chi connectivity index (χ3n) is 5.64. The molecule has 0 amide bonds. The number of aromatic nitrogens is 3. The van der Waals surface area contributed by atoms with Crippen LogP contribution in [0.3, 0.4) is 0 Å². The van der Waals surface area contributed by atoms with E-state index in [-0.39, 0.29) is 5.56 Å². The number of methoxy groups -OCH3 is 1. The van der Waals surface area contributed by atoms with Crippen LogP contribution in [-0.2, 0) is 13.1 Å². The van der Waals surface area contributed by atoms with Crippen LogP contribution in [0.5, 0.6) is 5.75 Å². The monoisotopic (exact) mass is 427 g/mol. The minimum atomic E-state index is -0.00966. The molecule has 0 radical (unpaired) electrons. The summed E-state index contributed by atoms with van der Waals surface area (Å²) in [6.07, 6.45) is 5.51. The molecular weight excluding hydrogens is 402 g/mol. The molecule has 0 saturated carbocycles. The molecule has 158 valence electrons. The molecule has 1 aliphatic rings. The van der Waals surface area contributed by atoms with Crippen molar-refractivity contribution in [2.45, 2.75) is 32.0 Å². The average Bonchev–Trinajstić information content (AvgIpc) is 2.78. The maximum Gasteiger partial charge on any atom is 0.251 e. The van der Waals surface area contributed by atoms with E-state index >= 15 is 0 Å². The van der Waals surface area contributed by atoms with Crippen LogP contribution in [-0.4, -0.2) is 52.2 Å². The average molecular weight is 428 g/mol. The van der Waals surface area contributed by atoms with Crippen LogP contribution in [0.2, 0.25) is 5.02 Å². The zero-order chi connectivity index (χ0) is 20.9. The first-order valence-corrected chi connectivity index (χ1v) is 10.6. The number of nitrogens with one attached hydrogen (secondary N) is 1. The van der Waals surface area contributed by atoms with Crippen LogP contribution >= 0.6 is 11.6 Å². The topological polar surface area (TPSA) is 72.3 Å². The largest absolute Gasteiger partial charge is 0.495 e. The molecule has 3 aromatic heterocycles. The summed E-state index contributed by atoms with van der Waals surface area (Å²) in [7, 11) is 1.61. The quantitative estimate of drug-likeness (QED) is 0.625. The van der Waals surface area contributed by atoms with E-state index in [4.69, 9.17) is 16.3 Å². The van der Waals surface area contributed by atoms with E-state index in [0.717, 1.165) is 55.7 Å². The molecule has 0 atom stereocenters. The number of hydrogen-bond donors (Lipinski definition) is 1. The maximum atomic E-state index is 12.5. The highest BCUT2D eigenvalue weighted by atomic mass is 35.5. The van der Waals surface area contributed by atoms with Gasteiger partial charge in [-0.15, -0.1) is 0 Å². The molecule has 0 aromatic carbocycles. The highest BCUT2D eigenvalue weighted by Gasteiger charge is 2.19. The third-order valence-corrected chi connectivity index (χ3v) is 5.86. The standard InChI is InChI=1S/C22H26ClN5O2/c1-30-19-12-21-20(26-15-19)4-5-22(29)28(21)11-10-27-8-6-17(7-9-27)25-14-18-3-2-16(23)13-24-18/h2-5,12-13,15,17,25H,6-11,14H2,1H3. The second-order valence-corrected chi connectivity index (χ2v) is 8.00.